The van der Waals surface area contributed by atoms with Crippen LogP contribution in [0.5, 0.6) is 11.5 Å². The molecule has 0 aliphatic rings. The fourth-order valence-electron chi connectivity index (χ4n) is 3.81. The molecule has 0 unspecified atom stereocenters. The second kappa shape index (κ2) is 7.14. The van der Waals surface area contributed by atoms with Gasteiger partial charge in [0.1, 0.15) is 11.5 Å². The second-order valence-electron chi connectivity index (χ2n) is 7.36. The Bertz CT molecular complexity index is 1610. The van der Waals surface area contributed by atoms with E-state index in [0.29, 0.717) is 0 Å². The van der Waals surface area contributed by atoms with Crippen molar-refractivity contribution in [1.29, 1.82) is 0 Å². The fourth-order valence-corrected chi connectivity index (χ4v) is 3.81. The Labute approximate surface area is 183 Å². The van der Waals surface area contributed by atoms with Crippen LogP contribution < -0.4 is 20.3 Å². The molecule has 6 nitrogen and oxygen atoms in total. The van der Waals surface area contributed by atoms with Crippen LogP contribution in [0.4, 0.5) is 26.3 Å². The van der Waals surface area contributed by atoms with Crippen molar-refractivity contribution in [1.82, 2.24) is 9.97 Å². The summed E-state index contributed by atoms with van der Waals surface area (Å²) in [6, 6.07) is 9.06. The maximum atomic E-state index is 13.0. The first-order valence-corrected chi connectivity index (χ1v) is 9.49. The van der Waals surface area contributed by atoms with Crippen molar-refractivity contribution in [3.8, 4) is 11.5 Å². The lowest BCUT2D eigenvalue weighted by atomic mass is 10.1. The van der Waals surface area contributed by atoms with Crippen LogP contribution in [0.1, 0.15) is 0 Å². The molecule has 3 aromatic carbocycles. The molecular formula is C22H10F6N2O4. The average molecular weight is 480 g/mol. The van der Waals surface area contributed by atoms with Crippen LogP contribution in [0.25, 0.3) is 43.6 Å². The van der Waals surface area contributed by atoms with E-state index in [9.17, 15) is 35.9 Å². The molecule has 0 aliphatic carbocycles. The van der Waals surface area contributed by atoms with E-state index in [1.165, 1.54) is 24.3 Å². The van der Waals surface area contributed by atoms with Crippen LogP contribution in [-0.4, -0.2) is 22.7 Å². The third kappa shape index (κ3) is 3.87. The smallest absolute Gasteiger partial charge is 0.406 e. The number of ether oxygens (including phenoxy) is 2. The first-order chi connectivity index (χ1) is 15.9. The minimum atomic E-state index is -4.92. The molecule has 0 saturated carbocycles. The van der Waals surface area contributed by atoms with Gasteiger partial charge in [-0.1, -0.05) is 0 Å². The molecule has 34 heavy (non-hydrogen) atoms. The molecule has 5 rings (SSSR count). The first-order valence-electron chi connectivity index (χ1n) is 9.49. The van der Waals surface area contributed by atoms with Gasteiger partial charge in [0, 0.05) is 33.7 Å². The number of nitrogens with one attached hydrogen (secondary N) is 2. The van der Waals surface area contributed by atoms with Crippen LogP contribution in [0.15, 0.2) is 58.1 Å². The molecule has 0 spiro atoms. The van der Waals surface area contributed by atoms with Gasteiger partial charge in [0.15, 0.2) is 10.9 Å². The Morgan fingerprint density at radius 2 is 0.882 bits per heavy atom. The lowest BCUT2D eigenvalue weighted by Crippen LogP contribution is -2.17. The quantitative estimate of drug-likeness (QED) is 0.259. The van der Waals surface area contributed by atoms with Crippen LogP contribution in [-0.2, 0) is 0 Å². The number of fused-ring (bicyclic) bond motifs is 4. The topological polar surface area (TPSA) is 84.2 Å². The zero-order chi connectivity index (χ0) is 24.4. The summed E-state index contributed by atoms with van der Waals surface area (Å²) in [5.74, 6) is -1.06. The van der Waals surface area contributed by atoms with Gasteiger partial charge in [-0.15, -0.1) is 26.3 Å². The number of hydrogen-bond acceptors (Lipinski definition) is 4. The zero-order valence-corrected chi connectivity index (χ0v) is 16.5. The number of aromatic amines is 2. The molecule has 0 amide bonds. The van der Waals surface area contributed by atoms with Crippen molar-refractivity contribution >= 4 is 43.6 Å². The van der Waals surface area contributed by atoms with E-state index in [2.05, 4.69) is 19.4 Å². The predicted octanol–water partition coefficient (Wildman–Crippen LogP) is 5.47. The van der Waals surface area contributed by atoms with E-state index in [4.69, 9.17) is 0 Å². The monoisotopic (exact) mass is 480 g/mol. The van der Waals surface area contributed by atoms with Gasteiger partial charge in [0.25, 0.3) is 0 Å². The van der Waals surface area contributed by atoms with E-state index < -0.39 is 35.1 Å². The molecule has 0 aliphatic heterocycles. The van der Waals surface area contributed by atoms with Crippen molar-refractivity contribution in [2.24, 2.45) is 0 Å². The van der Waals surface area contributed by atoms with Crippen LogP contribution in [0.2, 0.25) is 0 Å². The summed E-state index contributed by atoms with van der Waals surface area (Å²) in [6.07, 6.45) is -9.83. The highest BCUT2D eigenvalue weighted by atomic mass is 19.4. The average Bonchev–Trinajstić information content (AvgIpc) is 2.71. The van der Waals surface area contributed by atoms with Crippen LogP contribution >= 0.6 is 0 Å². The van der Waals surface area contributed by atoms with E-state index in [1.807, 2.05) is 0 Å². The summed E-state index contributed by atoms with van der Waals surface area (Å²) in [5.41, 5.74) is -0.583. The second-order valence-corrected chi connectivity index (χ2v) is 7.36. The molecular weight excluding hydrogens is 470 g/mol. The van der Waals surface area contributed by atoms with Crippen LogP contribution in [0.3, 0.4) is 0 Å². The summed E-state index contributed by atoms with van der Waals surface area (Å²) < 4.78 is 82.9. The molecule has 0 radical (unpaired) electrons. The normalized spacial score (nSPS) is 12.6. The molecule has 0 saturated heterocycles. The lowest BCUT2D eigenvalue weighted by Gasteiger charge is -2.11. The van der Waals surface area contributed by atoms with Crippen LogP contribution in [0, 0.1) is 0 Å². The highest BCUT2D eigenvalue weighted by Gasteiger charge is 2.32. The summed E-state index contributed by atoms with van der Waals surface area (Å²) in [5, 5.41) is 0.375. The third-order valence-electron chi connectivity index (χ3n) is 5.12. The third-order valence-corrected chi connectivity index (χ3v) is 5.12. The standard InChI is InChI=1S/C22H10F6N2O4/c23-21(24,25)33-9-1-3-11-15(5-9)29-17-8-14-18(7-13(17)19(11)31)30-16-6-10(34-22(26,27)28)2-4-12(16)20(14)32/h1-8H,(H,29,31)(H,30,32). The van der Waals surface area contributed by atoms with Gasteiger partial charge in [0.2, 0.25) is 0 Å². The number of aromatic nitrogens is 2. The van der Waals surface area contributed by atoms with E-state index >= 15 is 0 Å². The lowest BCUT2D eigenvalue weighted by molar-refractivity contribution is -0.275. The molecule has 0 fully saturated rings. The van der Waals surface area contributed by atoms with Crippen molar-refractivity contribution in [2.45, 2.75) is 12.7 Å². The van der Waals surface area contributed by atoms with Gasteiger partial charge >= 0.3 is 12.7 Å². The number of rotatable bonds is 2. The van der Waals surface area contributed by atoms with Gasteiger partial charge in [-0.25, -0.2) is 0 Å². The number of halogens is 6. The molecule has 5 aromatic rings. The molecule has 2 heterocycles. The summed E-state index contributed by atoms with van der Waals surface area (Å²) in [6.45, 7) is 0. The minimum absolute atomic E-state index is 0.0600. The Morgan fingerprint density at radius 1 is 0.529 bits per heavy atom. The van der Waals surface area contributed by atoms with Gasteiger partial charge in [-0.2, -0.15) is 0 Å². The number of pyridine rings is 2. The maximum absolute atomic E-state index is 13.0. The molecule has 0 atom stereocenters. The summed E-state index contributed by atoms with van der Waals surface area (Å²) in [7, 11) is 0. The van der Waals surface area contributed by atoms with Crippen molar-refractivity contribution in [2.75, 3.05) is 0 Å². The zero-order valence-electron chi connectivity index (χ0n) is 16.5. The molecule has 12 heteroatoms. The maximum Gasteiger partial charge on any atom is 0.573 e. The Morgan fingerprint density at radius 3 is 1.24 bits per heavy atom. The van der Waals surface area contributed by atoms with Crippen molar-refractivity contribution < 1.29 is 35.8 Å². The van der Waals surface area contributed by atoms with Crippen molar-refractivity contribution in [3.05, 3.63) is 69.0 Å². The number of hydrogen-bond donors (Lipinski definition) is 2. The molecule has 2 N–H and O–H groups in total. The highest BCUT2D eigenvalue weighted by Crippen LogP contribution is 2.28. The van der Waals surface area contributed by atoms with E-state index in [0.717, 1.165) is 24.3 Å². The predicted molar refractivity (Wildman–Crippen MR) is 111 cm³/mol. The summed E-state index contributed by atoms with van der Waals surface area (Å²) in [4.78, 5) is 31.6. The van der Waals surface area contributed by atoms with Gasteiger partial charge in [-0.05, 0) is 36.4 Å². The van der Waals surface area contributed by atoms with Gasteiger partial charge in [0.05, 0.1) is 22.1 Å². The van der Waals surface area contributed by atoms with Crippen molar-refractivity contribution in [3.63, 3.8) is 0 Å². The van der Waals surface area contributed by atoms with E-state index in [-0.39, 0.29) is 43.6 Å². The number of H-pyrrole nitrogens is 2. The number of alkyl halides is 6. The summed E-state index contributed by atoms with van der Waals surface area (Å²) >= 11 is 0. The SMILES string of the molecule is O=c1c2ccc(OC(F)(F)F)cc2[nH]c2cc3c(=O)c4ccc(OC(F)(F)F)cc4[nH]c3cc12. The fraction of sp³-hybridized carbons (Fsp3) is 0.0909. The molecule has 174 valence electrons. The van der Waals surface area contributed by atoms with E-state index in [1.54, 1.807) is 0 Å². The largest absolute Gasteiger partial charge is 0.573 e. The highest BCUT2D eigenvalue weighted by molar-refractivity contribution is 6.02. The Kier molecular flexibility index (Phi) is 4.54. The Balaban J connectivity index is 1.74. The number of benzene rings is 3. The minimum Gasteiger partial charge on any atom is -0.406 e. The van der Waals surface area contributed by atoms with Gasteiger partial charge in [-0.3, -0.25) is 9.59 Å². The molecule has 2 aromatic heterocycles. The Hall–Kier alpha value is -4.22. The van der Waals surface area contributed by atoms with Gasteiger partial charge < -0.3 is 19.4 Å². The molecule has 0 bridgehead atoms. The first kappa shape index (κ1) is 21.6.